The molecule has 1 N–H and O–H groups in total. The molecule has 0 bridgehead atoms. The Kier molecular flexibility index (Phi) is 3.98. The third-order valence-corrected chi connectivity index (χ3v) is 3.42. The number of imidazole rings is 1. The number of hydrogen-bond acceptors (Lipinski definition) is 5. The number of halogens is 1. The zero-order chi connectivity index (χ0) is 17.3. The molecule has 0 unspecified atom stereocenters. The second kappa shape index (κ2) is 6.11. The highest BCUT2D eigenvalue weighted by Crippen LogP contribution is 2.19. The van der Waals surface area contributed by atoms with E-state index in [9.17, 15) is 18.8 Å². The smallest absolute Gasteiger partial charge is 0.326 e. The van der Waals surface area contributed by atoms with Crippen molar-refractivity contribution in [1.82, 2.24) is 19.1 Å². The van der Waals surface area contributed by atoms with E-state index in [1.165, 1.54) is 29.4 Å². The van der Waals surface area contributed by atoms with Crippen LogP contribution < -0.4 is 11.1 Å². The van der Waals surface area contributed by atoms with E-state index in [0.717, 1.165) is 10.6 Å². The minimum absolute atomic E-state index is 0.102. The summed E-state index contributed by atoms with van der Waals surface area (Å²) in [5, 5.41) is 0. The van der Waals surface area contributed by atoms with Gasteiger partial charge in [-0.25, -0.2) is 9.37 Å². The number of carbonyl (C=O) groups excluding carboxylic acids is 1. The van der Waals surface area contributed by atoms with Crippen molar-refractivity contribution in [3.05, 3.63) is 57.4 Å². The Labute approximate surface area is 134 Å². The molecule has 0 saturated carbocycles. The maximum absolute atomic E-state index is 14.3. The van der Waals surface area contributed by atoms with Crippen LogP contribution in [0, 0.1) is 5.82 Å². The predicted molar refractivity (Wildman–Crippen MR) is 82.5 cm³/mol. The minimum Gasteiger partial charge on any atom is -0.465 e. The molecular weight excluding hydrogens is 319 g/mol. The van der Waals surface area contributed by atoms with Crippen LogP contribution in [0.5, 0.6) is 0 Å². The lowest BCUT2D eigenvalue weighted by atomic mass is 10.2. The van der Waals surface area contributed by atoms with Gasteiger partial charge in [-0.05, 0) is 13.0 Å². The van der Waals surface area contributed by atoms with E-state index in [2.05, 4.69) is 9.97 Å². The molecule has 0 spiro atoms. The fourth-order valence-corrected chi connectivity index (χ4v) is 2.37. The summed E-state index contributed by atoms with van der Waals surface area (Å²) in [6, 6.07) is 2.45. The van der Waals surface area contributed by atoms with Crippen LogP contribution in [0.4, 0.5) is 4.39 Å². The highest BCUT2D eigenvalue weighted by Gasteiger charge is 2.15. The Morgan fingerprint density at radius 1 is 1.38 bits per heavy atom. The number of aromatic amines is 1. The van der Waals surface area contributed by atoms with Crippen molar-refractivity contribution >= 4 is 17.0 Å². The number of H-pyrrole nitrogens is 1. The molecule has 9 heteroatoms. The Morgan fingerprint density at radius 2 is 2.17 bits per heavy atom. The SMILES string of the molecule is CCOC(=O)Cn1c(=O)c(=O)[nH]c2cc(F)c(-n3ccnc3)cc21. The number of nitrogens with one attached hydrogen (secondary N) is 1. The van der Waals surface area contributed by atoms with E-state index >= 15 is 0 Å². The first kappa shape index (κ1) is 15.7. The van der Waals surface area contributed by atoms with Crippen molar-refractivity contribution in [3.63, 3.8) is 0 Å². The van der Waals surface area contributed by atoms with Crippen molar-refractivity contribution < 1.29 is 13.9 Å². The third-order valence-electron chi connectivity index (χ3n) is 3.42. The van der Waals surface area contributed by atoms with Crippen molar-refractivity contribution in [2.75, 3.05) is 6.61 Å². The molecule has 2 heterocycles. The van der Waals surface area contributed by atoms with Crippen LogP contribution in [0.2, 0.25) is 0 Å². The van der Waals surface area contributed by atoms with Gasteiger partial charge in [0, 0.05) is 18.5 Å². The summed E-state index contributed by atoms with van der Waals surface area (Å²) in [5.41, 5.74) is -1.42. The first-order valence-corrected chi connectivity index (χ1v) is 7.11. The Hall–Kier alpha value is -3.23. The normalized spacial score (nSPS) is 10.9. The first-order valence-electron chi connectivity index (χ1n) is 7.11. The number of nitrogens with zero attached hydrogens (tertiary/aromatic N) is 3. The van der Waals surface area contributed by atoms with Gasteiger partial charge in [0.1, 0.15) is 12.4 Å². The number of rotatable bonds is 4. The van der Waals surface area contributed by atoms with E-state index in [0.29, 0.717) is 0 Å². The Bertz CT molecular complexity index is 1020. The number of aromatic nitrogens is 4. The number of hydrogen-bond donors (Lipinski definition) is 1. The molecule has 0 fully saturated rings. The predicted octanol–water partition coefficient (Wildman–Crippen LogP) is 0.578. The van der Waals surface area contributed by atoms with Gasteiger partial charge in [0.2, 0.25) is 0 Å². The van der Waals surface area contributed by atoms with Crippen molar-refractivity contribution in [1.29, 1.82) is 0 Å². The monoisotopic (exact) mass is 332 g/mol. The van der Waals surface area contributed by atoms with E-state index < -0.39 is 29.4 Å². The number of benzene rings is 1. The summed E-state index contributed by atoms with van der Waals surface area (Å²) < 4.78 is 21.5. The molecule has 124 valence electrons. The molecule has 0 aliphatic rings. The third kappa shape index (κ3) is 2.71. The summed E-state index contributed by atoms with van der Waals surface area (Å²) in [7, 11) is 0. The van der Waals surface area contributed by atoms with Gasteiger partial charge < -0.3 is 14.3 Å². The molecule has 0 amide bonds. The molecule has 0 aliphatic carbocycles. The quantitative estimate of drug-likeness (QED) is 0.556. The van der Waals surface area contributed by atoms with Gasteiger partial charge in [0.25, 0.3) is 0 Å². The maximum atomic E-state index is 14.3. The van der Waals surface area contributed by atoms with Crippen LogP contribution in [0.1, 0.15) is 6.92 Å². The van der Waals surface area contributed by atoms with Gasteiger partial charge in [-0.1, -0.05) is 0 Å². The molecule has 1 aromatic carbocycles. The largest absolute Gasteiger partial charge is 0.465 e. The van der Waals surface area contributed by atoms with Gasteiger partial charge >= 0.3 is 17.1 Å². The zero-order valence-corrected chi connectivity index (χ0v) is 12.7. The van der Waals surface area contributed by atoms with Crippen LogP contribution in [0.15, 0.2) is 40.4 Å². The molecule has 0 aliphatic heterocycles. The van der Waals surface area contributed by atoms with Crippen molar-refractivity contribution in [2.24, 2.45) is 0 Å². The van der Waals surface area contributed by atoms with Crippen molar-refractivity contribution in [3.8, 4) is 5.69 Å². The molecule has 0 saturated heterocycles. The highest BCUT2D eigenvalue weighted by atomic mass is 19.1. The number of esters is 1. The second-order valence-electron chi connectivity index (χ2n) is 4.94. The molecule has 2 aromatic heterocycles. The lowest BCUT2D eigenvalue weighted by molar-refractivity contribution is -0.143. The standard InChI is InChI=1S/C15H13FN4O4/c1-2-24-13(21)7-20-12-6-11(19-4-3-17-8-19)9(16)5-10(12)18-14(22)15(20)23/h3-6,8H,2,7H2,1H3,(H,18,22). The first-order chi connectivity index (χ1) is 11.5. The molecule has 0 radical (unpaired) electrons. The molecule has 8 nitrogen and oxygen atoms in total. The Morgan fingerprint density at radius 3 is 2.83 bits per heavy atom. The molecule has 0 atom stereocenters. The summed E-state index contributed by atoms with van der Waals surface area (Å²) in [4.78, 5) is 41.7. The minimum atomic E-state index is -0.943. The summed E-state index contributed by atoms with van der Waals surface area (Å²) in [5.74, 6) is -1.28. The van der Waals surface area contributed by atoms with Crippen LogP contribution in [-0.2, 0) is 16.1 Å². The summed E-state index contributed by atoms with van der Waals surface area (Å²) >= 11 is 0. The van der Waals surface area contributed by atoms with Gasteiger partial charge in [-0.2, -0.15) is 0 Å². The van der Waals surface area contributed by atoms with E-state index in [4.69, 9.17) is 4.74 Å². The Balaban J connectivity index is 2.26. The van der Waals surface area contributed by atoms with Crippen LogP contribution in [0.3, 0.4) is 0 Å². The van der Waals surface area contributed by atoms with Gasteiger partial charge in [0.15, 0.2) is 0 Å². The van der Waals surface area contributed by atoms with Gasteiger partial charge in [-0.15, -0.1) is 0 Å². The van der Waals surface area contributed by atoms with Crippen LogP contribution in [-0.4, -0.2) is 31.7 Å². The number of carbonyl (C=O) groups is 1. The number of fused-ring (bicyclic) bond motifs is 1. The molecule has 3 aromatic rings. The zero-order valence-electron chi connectivity index (χ0n) is 12.7. The lowest BCUT2D eigenvalue weighted by Crippen LogP contribution is -2.38. The highest BCUT2D eigenvalue weighted by molar-refractivity contribution is 5.79. The second-order valence-corrected chi connectivity index (χ2v) is 4.94. The van der Waals surface area contributed by atoms with Crippen LogP contribution >= 0.6 is 0 Å². The van der Waals surface area contributed by atoms with Crippen LogP contribution in [0.25, 0.3) is 16.7 Å². The number of ether oxygens (including phenoxy) is 1. The fraction of sp³-hybridized carbons (Fsp3) is 0.200. The topological polar surface area (TPSA) is 99.0 Å². The summed E-state index contributed by atoms with van der Waals surface area (Å²) in [6.45, 7) is 1.33. The van der Waals surface area contributed by atoms with Gasteiger partial charge in [0.05, 0.1) is 29.7 Å². The van der Waals surface area contributed by atoms with E-state index in [-0.39, 0.29) is 23.3 Å². The van der Waals surface area contributed by atoms with E-state index in [1.807, 2.05) is 0 Å². The maximum Gasteiger partial charge on any atom is 0.326 e. The molecular formula is C15H13FN4O4. The van der Waals surface area contributed by atoms with Gasteiger partial charge in [-0.3, -0.25) is 19.0 Å². The molecule has 3 rings (SSSR count). The summed E-state index contributed by atoms with van der Waals surface area (Å²) in [6.07, 6.45) is 4.40. The average Bonchev–Trinajstić information content (AvgIpc) is 3.06. The lowest BCUT2D eigenvalue weighted by Gasteiger charge is -2.11. The van der Waals surface area contributed by atoms with Crippen molar-refractivity contribution in [2.45, 2.75) is 13.5 Å². The average molecular weight is 332 g/mol. The fourth-order valence-electron chi connectivity index (χ4n) is 2.37. The molecule has 24 heavy (non-hydrogen) atoms. The van der Waals surface area contributed by atoms with E-state index in [1.54, 1.807) is 6.92 Å².